The van der Waals surface area contributed by atoms with E-state index in [1.54, 1.807) is 18.2 Å². The van der Waals surface area contributed by atoms with Crippen LogP contribution in [-0.2, 0) is 10.0 Å². The summed E-state index contributed by atoms with van der Waals surface area (Å²) in [6.45, 7) is 3.42. The molecule has 2 aromatic carbocycles. The minimum Gasteiger partial charge on any atom is -0.490 e. The van der Waals surface area contributed by atoms with Gasteiger partial charge in [-0.15, -0.1) is 0 Å². The molecule has 0 bridgehead atoms. The molecule has 1 saturated heterocycles. The van der Waals surface area contributed by atoms with Crippen LogP contribution in [0.25, 0.3) is 0 Å². The molecule has 2 aliphatic rings. The van der Waals surface area contributed by atoms with Gasteiger partial charge in [0.25, 0.3) is 0 Å². The van der Waals surface area contributed by atoms with Crippen molar-refractivity contribution in [3.63, 3.8) is 0 Å². The lowest BCUT2D eigenvalue weighted by atomic mass is 10.1. The maximum atomic E-state index is 12.9. The molecule has 0 aliphatic carbocycles. The monoisotopic (exact) mass is 402 g/mol. The van der Waals surface area contributed by atoms with E-state index in [2.05, 4.69) is 21.8 Å². The summed E-state index contributed by atoms with van der Waals surface area (Å²) < 4.78 is 39.9. The number of hydrogen-bond acceptors (Lipinski definition) is 5. The standard InChI is InChI=1S/C21H26N2O4S/c24-28(25,18-9-10-20-21(15-18)27-14-6-13-26-20)22-16-19(23-11-4-5-12-23)17-7-2-1-3-8-17/h1-3,7-10,15,19,22H,4-6,11-14,16H2. The number of rotatable bonds is 6. The van der Waals surface area contributed by atoms with E-state index in [0.717, 1.165) is 37.9 Å². The van der Waals surface area contributed by atoms with Crippen LogP contribution in [0.2, 0.25) is 0 Å². The normalized spacial score (nSPS) is 18.6. The Labute approximate surface area is 166 Å². The van der Waals surface area contributed by atoms with E-state index in [-0.39, 0.29) is 10.9 Å². The largest absolute Gasteiger partial charge is 0.490 e. The third-order valence-corrected chi connectivity index (χ3v) is 6.68. The molecule has 0 saturated carbocycles. The number of likely N-dealkylation sites (tertiary alicyclic amines) is 1. The predicted octanol–water partition coefficient (Wildman–Crippen LogP) is 2.96. The van der Waals surface area contributed by atoms with Crippen LogP contribution in [0.5, 0.6) is 11.5 Å². The van der Waals surface area contributed by atoms with E-state index < -0.39 is 10.0 Å². The molecule has 0 spiro atoms. The molecule has 7 heteroatoms. The summed E-state index contributed by atoms with van der Waals surface area (Å²) in [5, 5.41) is 0. The topological polar surface area (TPSA) is 67.9 Å². The van der Waals surface area contributed by atoms with Crippen molar-refractivity contribution >= 4 is 10.0 Å². The maximum absolute atomic E-state index is 12.9. The molecule has 6 nitrogen and oxygen atoms in total. The molecule has 0 radical (unpaired) electrons. The first-order valence-electron chi connectivity index (χ1n) is 9.82. The van der Waals surface area contributed by atoms with Crippen molar-refractivity contribution in [2.75, 3.05) is 32.8 Å². The molecule has 28 heavy (non-hydrogen) atoms. The van der Waals surface area contributed by atoms with Crippen LogP contribution in [0.15, 0.2) is 53.4 Å². The molecule has 4 rings (SSSR count). The third kappa shape index (κ3) is 4.32. The predicted molar refractivity (Wildman–Crippen MR) is 107 cm³/mol. The summed E-state index contributed by atoms with van der Waals surface area (Å²) >= 11 is 0. The summed E-state index contributed by atoms with van der Waals surface area (Å²) in [6.07, 6.45) is 3.08. The summed E-state index contributed by atoms with van der Waals surface area (Å²) in [6, 6.07) is 14.9. The van der Waals surface area contributed by atoms with Crippen LogP contribution in [0.3, 0.4) is 0 Å². The third-order valence-electron chi connectivity index (χ3n) is 5.26. The number of nitrogens with zero attached hydrogens (tertiary/aromatic N) is 1. The molecule has 1 atom stereocenters. The van der Waals surface area contributed by atoms with Crippen LogP contribution in [0.4, 0.5) is 0 Å². The fourth-order valence-electron chi connectivity index (χ4n) is 3.77. The number of nitrogens with one attached hydrogen (secondary N) is 1. The average Bonchev–Trinajstić information content (AvgIpc) is 3.13. The lowest BCUT2D eigenvalue weighted by Gasteiger charge is -2.28. The van der Waals surface area contributed by atoms with Gasteiger partial charge in [0, 0.05) is 25.1 Å². The lowest BCUT2D eigenvalue weighted by molar-refractivity contribution is 0.246. The smallest absolute Gasteiger partial charge is 0.240 e. The van der Waals surface area contributed by atoms with E-state index in [1.165, 1.54) is 0 Å². The first-order chi connectivity index (χ1) is 13.6. The molecule has 2 aromatic rings. The molecular weight excluding hydrogens is 376 g/mol. The molecule has 150 valence electrons. The van der Waals surface area contributed by atoms with Gasteiger partial charge in [0.1, 0.15) is 0 Å². The second-order valence-electron chi connectivity index (χ2n) is 7.18. The summed E-state index contributed by atoms with van der Waals surface area (Å²) in [5.74, 6) is 1.08. The van der Waals surface area contributed by atoms with Gasteiger partial charge in [-0.1, -0.05) is 30.3 Å². The highest BCUT2D eigenvalue weighted by Gasteiger charge is 2.26. The molecule has 1 N–H and O–H groups in total. The molecular formula is C21H26N2O4S. The first kappa shape index (κ1) is 19.2. The Bertz CT molecular complexity index is 896. The summed E-state index contributed by atoms with van der Waals surface area (Å²) in [7, 11) is -3.65. The number of fused-ring (bicyclic) bond motifs is 1. The van der Waals surface area contributed by atoms with Gasteiger partial charge in [-0.3, -0.25) is 4.90 Å². The van der Waals surface area contributed by atoms with Crippen molar-refractivity contribution < 1.29 is 17.9 Å². The maximum Gasteiger partial charge on any atom is 0.240 e. The molecule has 0 amide bonds. The van der Waals surface area contributed by atoms with Crippen molar-refractivity contribution in [3.8, 4) is 11.5 Å². The Morgan fingerprint density at radius 1 is 0.929 bits per heavy atom. The van der Waals surface area contributed by atoms with Crippen molar-refractivity contribution in [3.05, 3.63) is 54.1 Å². The minimum atomic E-state index is -3.65. The van der Waals surface area contributed by atoms with E-state index in [0.29, 0.717) is 31.3 Å². The van der Waals surface area contributed by atoms with E-state index in [4.69, 9.17) is 9.47 Å². The van der Waals surface area contributed by atoms with Crippen LogP contribution in [0, 0.1) is 0 Å². The lowest BCUT2D eigenvalue weighted by Crippen LogP contribution is -2.36. The Hall–Kier alpha value is -2.09. The van der Waals surface area contributed by atoms with E-state index >= 15 is 0 Å². The Morgan fingerprint density at radius 3 is 2.39 bits per heavy atom. The number of hydrogen-bond donors (Lipinski definition) is 1. The highest BCUT2D eigenvalue weighted by Crippen LogP contribution is 2.32. The SMILES string of the molecule is O=S(=O)(NCC(c1ccccc1)N1CCCC1)c1ccc2c(c1)OCCCO2. The molecule has 1 fully saturated rings. The Balaban J connectivity index is 1.52. The van der Waals surface area contributed by atoms with Crippen molar-refractivity contribution in [2.24, 2.45) is 0 Å². The molecule has 0 aromatic heterocycles. The van der Waals surface area contributed by atoms with E-state index in [1.807, 2.05) is 18.2 Å². The zero-order valence-electron chi connectivity index (χ0n) is 15.8. The fraction of sp³-hybridized carbons (Fsp3) is 0.429. The van der Waals surface area contributed by atoms with Gasteiger partial charge in [-0.2, -0.15) is 0 Å². The van der Waals surface area contributed by atoms with Gasteiger partial charge >= 0.3 is 0 Å². The van der Waals surface area contributed by atoms with Gasteiger partial charge in [-0.05, 0) is 43.6 Å². The Morgan fingerprint density at radius 2 is 1.64 bits per heavy atom. The van der Waals surface area contributed by atoms with E-state index in [9.17, 15) is 8.42 Å². The zero-order chi connectivity index (χ0) is 19.4. The van der Waals surface area contributed by atoms with Crippen LogP contribution < -0.4 is 14.2 Å². The van der Waals surface area contributed by atoms with Crippen molar-refractivity contribution in [1.82, 2.24) is 9.62 Å². The summed E-state index contributed by atoms with van der Waals surface area (Å²) in [5.41, 5.74) is 1.13. The van der Waals surface area contributed by atoms with Gasteiger partial charge in [0.05, 0.1) is 18.1 Å². The summed E-state index contributed by atoms with van der Waals surface area (Å²) in [4.78, 5) is 2.55. The Kier molecular flexibility index (Phi) is 5.85. The van der Waals surface area contributed by atoms with Crippen LogP contribution >= 0.6 is 0 Å². The highest BCUT2D eigenvalue weighted by atomic mass is 32.2. The van der Waals surface area contributed by atoms with Gasteiger partial charge < -0.3 is 9.47 Å². The minimum absolute atomic E-state index is 0.0267. The fourth-order valence-corrected chi connectivity index (χ4v) is 4.82. The second kappa shape index (κ2) is 8.51. The second-order valence-corrected chi connectivity index (χ2v) is 8.95. The van der Waals surface area contributed by atoms with Crippen molar-refractivity contribution in [2.45, 2.75) is 30.2 Å². The number of ether oxygens (including phenoxy) is 2. The molecule has 2 aliphatic heterocycles. The number of sulfonamides is 1. The van der Waals surface area contributed by atoms with Crippen LogP contribution in [0.1, 0.15) is 30.9 Å². The first-order valence-corrected chi connectivity index (χ1v) is 11.3. The van der Waals surface area contributed by atoms with Gasteiger partial charge in [0.2, 0.25) is 10.0 Å². The van der Waals surface area contributed by atoms with Crippen molar-refractivity contribution in [1.29, 1.82) is 0 Å². The highest BCUT2D eigenvalue weighted by molar-refractivity contribution is 7.89. The van der Waals surface area contributed by atoms with Gasteiger partial charge in [0.15, 0.2) is 11.5 Å². The van der Waals surface area contributed by atoms with Crippen LogP contribution in [-0.4, -0.2) is 46.2 Å². The zero-order valence-corrected chi connectivity index (χ0v) is 16.7. The average molecular weight is 403 g/mol. The molecule has 1 unspecified atom stereocenters. The number of benzene rings is 2. The van der Waals surface area contributed by atoms with Gasteiger partial charge in [-0.25, -0.2) is 13.1 Å². The quantitative estimate of drug-likeness (QED) is 0.805. The molecule has 2 heterocycles.